The van der Waals surface area contributed by atoms with Gasteiger partial charge in [-0.2, -0.15) is 26.3 Å². The average Bonchev–Trinajstić information content (AvgIpc) is 2.91. The molecule has 2 N–H and O–H groups in total. The molecule has 44 heavy (non-hydrogen) atoms. The van der Waals surface area contributed by atoms with Crippen LogP contribution in [0, 0.1) is 18.7 Å². The molecule has 4 rings (SSSR count). The topological polar surface area (TPSA) is 113 Å². The Kier molecular flexibility index (Phi) is 10.9. The maximum absolute atomic E-state index is 14.9. The molecule has 0 saturated heterocycles. The summed E-state index contributed by atoms with van der Waals surface area (Å²) in [5.74, 6) is -3.73. The van der Waals surface area contributed by atoms with Crippen molar-refractivity contribution in [3.8, 4) is 17.1 Å². The van der Waals surface area contributed by atoms with Crippen molar-refractivity contribution in [3.63, 3.8) is 0 Å². The molecule has 2 aromatic carbocycles. The smallest absolute Gasteiger partial charge is 0.489 e. The second-order valence-corrected chi connectivity index (χ2v) is 10.2. The molecule has 1 aliphatic rings. The van der Waals surface area contributed by atoms with Gasteiger partial charge in [-0.15, -0.1) is 0 Å². The third-order valence-corrected chi connectivity index (χ3v) is 6.60. The van der Waals surface area contributed by atoms with Gasteiger partial charge in [-0.1, -0.05) is 13.0 Å². The molecule has 0 radical (unpaired) electrons. The number of aryl methyl sites for hydroxylation is 1. The summed E-state index contributed by atoms with van der Waals surface area (Å²) >= 11 is 0. The number of hydrogen-bond acceptors (Lipinski definition) is 6. The fourth-order valence-corrected chi connectivity index (χ4v) is 4.39. The van der Waals surface area contributed by atoms with Crippen LogP contribution in [0.25, 0.3) is 11.4 Å². The van der Waals surface area contributed by atoms with E-state index in [1.807, 2.05) is 6.92 Å². The molecule has 0 bridgehead atoms. The molecule has 1 atom stereocenters. The largest absolute Gasteiger partial charge is 0.490 e. The summed E-state index contributed by atoms with van der Waals surface area (Å²) in [7, 11) is 0. The van der Waals surface area contributed by atoms with Crippen LogP contribution in [0.15, 0.2) is 42.6 Å². The molecule has 0 spiro atoms. The highest BCUT2D eigenvalue weighted by molar-refractivity contribution is 5.73. The van der Waals surface area contributed by atoms with Crippen LogP contribution < -0.4 is 4.74 Å². The first-order valence-corrected chi connectivity index (χ1v) is 13.1. The lowest BCUT2D eigenvalue weighted by molar-refractivity contribution is -0.192. The number of fused-ring (bicyclic) bond motifs is 1. The van der Waals surface area contributed by atoms with Crippen LogP contribution in [-0.4, -0.2) is 56.3 Å². The Morgan fingerprint density at radius 2 is 1.75 bits per heavy atom. The average molecular weight is 632 g/mol. The van der Waals surface area contributed by atoms with E-state index in [9.17, 15) is 35.5 Å². The molecular weight excluding hydrogens is 603 g/mol. The highest BCUT2D eigenvalue weighted by atomic mass is 19.4. The number of benzene rings is 2. The maximum atomic E-state index is 14.9. The van der Waals surface area contributed by atoms with E-state index in [-0.39, 0.29) is 36.1 Å². The Balaban J connectivity index is 0.000000676. The maximum Gasteiger partial charge on any atom is 0.490 e. The van der Waals surface area contributed by atoms with E-state index in [1.165, 1.54) is 24.3 Å². The van der Waals surface area contributed by atoms with Crippen LogP contribution >= 0.6 is 0 Å². The van der Waals surface area contributed by atoms with Crippen molar-refractivity contribution in [1.82, 2.24) is 14.9 Å². The molecular formula is C29H28F7N3O5. The molecule has 0 amide bonds. The van der Waals surface area contributed by atoms with Crippen molar-refractivity contribution in [2.24, 2.45) is 5.92 Å². The molecule has 0 saturated carbocycles. The van der Waals surface area contributed by atoms with Crippen molar-refractivity contribution >= 4 is 11.9 Å². The van der Waals surface area contributed by atoms with Crippen LogP contribution in [0.3, 0.4) is 0 Å². The summed E-state index contributed by atoms with van der Waals surface area (Å²) in [5, 5.41) is 16.1. The summed E-state index contributed by atoms with van der Waals surface area (Å²) in [4.78, 5) is 30.9. The highest BCUT2D eigenvalue weighted by Gasteiger charge is 2.38. The summed E-state index contributed by atoms with van der Waals surface area (Å²) in [5.41, 5.74) is 2.19. The number of ether oxygens (including phenoxy) is 1. The van der Waals surface area contributed by atoms with Gasteiger partial charge >= 0.3 is 24.3 Å². The van der Waals surface area contributed by atoms with Crippen LogP contribution in [-0.2, 0) is 35.3 Å². The molecule has 1 aliphatic heterocycles. The number of hydrogen-bond donors (Lipinski definition) is 2. The fraction of sp³-hybridized carbons (Fsp3) is 0.379. The van der Waals surface area contributed by atoms with Crippen LogP contribution in [0.2, 0.25) is 0 Å². The quantitative estimate of drug-likeness (QED) is 0.279. The van der Waals surface area contributed by atoms with Gasteiger partial charge in [0.1, 0.15) is 18.2 Å². The zero-order valence-corrected chi connectivity index (χ0v) is 23.5. The fourth-order valence-electron chi connectivity index (χ4n) is 4.39. The molecule has 1 unspecified atom stereocenters. The predicted molar refractivity (Wildman–Crippen MR) is 142 cm³/mol. The van der Waals surface area contributed by atoms with Gasteiger partial charge in [0.25, 0.3) is 0 Å². The number of aliphatic carboxylic acids is 2. The summed E-state index contributed by atoms with van der Waals surface area (Å²) in [6, 6.07) is 7.64. The van der Waals surface area contributed by atoms with Crippen LogP contribution in [0.5, 0.6) is 5.75 Å². The lowest BCUT2D eigenvalue weighted by Gasteiger charge is -2.29. The van der Waals surface area contributed by atoms with Crippen LogP contribution in [0.4, 0.5) is 30.7 Å². The number of carboxylic acids is 2. The number of nitrogens with zero attached hydrogens (tertiary/aromatic N) is 3. The Bertz CT molecular complexity index is 1500. The van der Waals surface area contributed by atoms with Crippen molar-refractivity contribution in [2.75, 3.05) is 13.1 Å². The molecule has 3 aromatic rings. The minimum Gasteiger partial charge on any atom is -0.489 e. The zero-order valence-electron chi connectivity index (χ0n) is 23.5. The lowest BCUT2D eigenvalue weighted by atomic mass is 10.0. The van der Waals surface area contributed by atoms with E-state index in [4.69, 9.17) is 19.7 Å². The van der Waals surface area contributed by atoms with E-state index in [0.29, 0.717) is 30.6 Å². The van der Waals surface area contributed by atoms with E-state index in [2.05, 4.69) is 14.9 Å². The lowest BCUT2D eigenvalue weighted by Crippen LogP contribution is -2.35. The first-order chi connectivity index (χ1) is 20.4. The number of carbonyl (C=O) groups is 2. The van der Waals surface area contributed by atoms with Gasteiger partial charge in [0.05, 0.1) is 16.8 Å². The van der Waals surface area contributed by atoms with Crippen molar-refractivity contribution in [1.29, 1.82) is 0 Å². The van der Waals surface area contributed by atoms with Gasteiger partial charge in [0.2, 0.25) is 0 Å². The van der Waals surface area contributed by atoms with Gasteiger partial charge < -0.3 is 14.9 Å². The third kappa shape index (κ3) is 9.62. The van der Waals surface area contributed by atoms with Gasteiger partial charge in [0.15, 0.2) is 5.82 Å². The number of alkyl halides is 6. The number of halogens is 7. The van der Waals surface area contributed by atoms with E-state index >= 15 is 0 Å². The van der Waals surface area contributed by atoms with Gasteiger partial charge in [-0.25, -0.2) is 19.2 Å². The van der Waals surface area contributed by atoms with E-state index < -0.39 is 35.7 Å². The van der Waals surface area contributed by atoms with E-state index in [1.54, 1.807) is 13.1 Å². The summed E-state index contributed by atoms with van der Waals surface area (Å²) in [6.45, 7) is 5.43. The Hall–Kier alpha value is -4.27. The van der Waals surface area contributed by atoms with E-state index in [0.717, 1.165) is 29.9 Å². The molecule has 15 heteroatoms. The Labute approximate surface area is 247 Å². The van der Waals surface area contributed by atoms with Crippen molar-refractivity contribution in [3.05, 3.63) is 76.4 Å². The normalized spacial score (nSPS) is 14.2. The molecule has 1 aromatic heterocycles. The summed E-state index contributed by atoms with van der Waals surface area (Å²) < 4.78 is 91.3. The molecule has 0 aliphatic carbocycles. The van der Waals surface area contributed by atoms with Gasteiger partial charge in [-0.3, -0.25) is 9.69 Å². The standard InChI is InChI=1S/C27H27F4N3O3.C2HF3O2/c1-16(9-25(35)36)13-34-8-7-24-19(14-34)12-32-26(33-24)22-6-5-21(11-23(22)28)37-15-18-10-20(27(29,30)31)4-3-17(18)2;3-2(4,5)1(6)7/h3-6,10-12,16H,7-9,13-15H2,1-2H3,(H,35,36);(H,6,7). The van der Waals surface area contributed by atoms with Gasteiger partial charge in [-0.05, 0) is 48.2 Å². The number of rotatable bonds is 8. The predicted octanol–water partition coefficient (Wildman–Crippen LogP) is 6.29. The first kappa shape index (κ1) is 34.2. The number of carboxylic acid groups (broad SMARTS) is 2. The Morgan fingerprint density at radius 1 is 1.07 bits per heavy atom. The molecule has 8 nitrogen and oxygen atoms in total. The molecule has 2 heterocycles. The minimum atomic E-state index is -5.08. The first-order valence-electron chi connectivity index (χ1n) is 13.1. The second kappa shape index (κ2) is 14.0. The summed E-state index contributed by atoms with van der Waals surface area (Å²) in [6.07, 6.45) is -7.12. The third-order valence-electron chi connectivity index (χ3n) is 6.60. The molecule has 238 valence electrons. The van der Waals surface area contributed by atoms with Crippen molar-refractivity contribution in [2.45, 2.75) is 52.2 Å². The highest BCUT2D eigenvalue weighted by Crippen LogP contribution is 2.31. The van der Waals surface area contributed by atoms with Crippen molar-refractivity contribution < 1.29 is 55.3 Å². The monoisotopic (exact) mass is 631 g/mol. The molecule has 0 fully saturated rings. The number of aromatic nitrogens is 2. The van der Waals surface area contributed by atoms with Gasteiger partial charge in [0, 0.05) is 50.3 Å². The SMILES string of the molecule is Cc1ccc(C(F)(F)F)cc1COc1ccc(-c2ncc3c(n2)CCN(CC(C)CC(=O)O)C3)c(F)c1.O=C(O)C(F)(F)F. The Morgan fingerprint density at radius 3 is 2.34 bits per heavy atom. The van der Waals surface area contributed by atoms with Crippen LogP contribution in [0.1, 0.15) is 41.3 Å². The minimum absolute atomic E-state index is 0.0200. The second-order valence-electron chi connectivity index (χ2n) is 10.2. The zero-order chi connectivity index (χ0) is 32.8.